The lowest BCUT2D eigenvalue weighted by atomic mass is 10.1. The van der Waals surface area contributed by atoms with Gasteiger partial charge < -0.3 is 10.5 Å². The number of esters is 1. The normalized spacial score (nSPS) is 11.7. The Morgan fingerprint density at radius 2 is 2.37 bits per heavy atom. The van der Waals surface area contributed by atoms with Gasteiger partial charge in [-0.3, -0.25) is 4.79 Å². The van der Waals surface area contributed by atoms with Gasteiger partial charge in [0, 0.05) is 11.5 Å². The van der Waals surface area contributed by atoms with Crippen LogP contribution in [0.1, 0.15) is 18.1 Å². The molecule has 102 valence electrons. The number of hydrogen-bond acceptors (Lipinski definition) is 5. The highest BCUT2D eigenvalue weighted by Crippen LogP contribution is 2.17. The van der Waals surface area contributed by atoms with E-state index >= 15 is 0 Å². The Labute approximate surface area is 115 Å². The summed E-state index contributed by atoms with van der Waals surface area (Å²) in [5.41, 5.74) is 6.46. The first-order chi connectivity index (χ1) is 9.08. The minimum atomic E-state index is -0.716. The van der Waals surface area contributed by atoms with Crippen LogP contribution < -0.4 is 5.73 Å². The van der Waals surface area contributed by atoms with Crippen molar-refractivity contribution in [2.75, 3.05) is 12.4 Å². The van der Waals surface area contributed by atoms with Gasteiger partial charge in [-0.15, -0.1) is 0 Å². The van der Waals surface area contributed by atoms with Crippen molar-refractivity contribution in [1.82, 2.24) is 0 Å². The van der Waals surface area contributed by atoms with Crippen LogP contribution in [0.2, 0.25) is 0 Å². The lowest BCUT2D eigenvalue weighted by molar-refractivity contribution is -0.144. The molecule has 0 aliphatic rings. The van der Waals surface area contributed by atoms with Crippen molar-refractivity contribution in [2.45, 2.75) is 18.7 Å². The summed E-state index contributed by atoms with van der Waals surface area (Å²) in [6.07, 6.45) is 0. The molecule has 0 heterocycles. The van der Waals surface area contributed by atoms with Crippen LogP contribution in [0.15, 0.2) is 18.2 Å². The molecule has 1 unspecified atom stereocenters. The maximum atomic E-state index is 13.5. The van der Waals surface area contributed by atoms with Gasteiger partial charge in [-0.05, 0) is 30.7 Å². The van der Waals surface area contributed by atoms with Gasteiger partial charge in [0.2, 0.25) is 0 Å². The number of hydrogen-bond donors (Lipinski definition) is 1. The highest BCUT2D eigenvalue weighted by molar-refractivity contribution is 7.98. The van der Waals surface area contributed by atoms with Gasteiger partial charge in [0.1, 0.15) is 11.9 Å². The number of rotatable bonds is 6. The highest BCUT2D eigenvalue weighted by atomic mass is 32.2. The largest absolute Gasteiger partial charge is 0.465 e. The maximum absolute atomic E-state index is 13.5. The molecule has 0 bridgehead atoms. The Bertz CT molecular complexity index is 488. The van der Waals surface area contributed by atoms with Crippen molar-refractivity contribution in [1.29, 1.82) is 5.26 Å². The van der Waals surface area contributed by atoms with Crippen molar-refractivity contribution in [3.05, 3.63) is 35.1 Å². The Hall–Kier alpha value is -1.58. The zero-order valence-corrected chi connectivity index (χ0v) is 11.4. The highest BCUT2D eigenvalue weighted by Gasteiger charge is 2.14. The molecule has 0 saturated carbocycles. The van der Waals surface area contributed by atoms with E-state index in [4.69, 9.17) is 15.7 Å². The summed E-state index contributed by atoms with van der Waals surface area (Å²) in [6.45, 7) is 2.00. The zero-order chi connectivity index (χ0) is 14.3. The third-order valence-electron chi connectivity index (χ3n) is 2.32. The van der Waals surface area contributed by atoms with Crippen molar-refractivity contribution in [2.24, 2.45) is 5.73 Å². The van der Waals surface area contributed by atoms with Crippen LogP contribution in [0.25, 0.3) is 0 Å². The Balaban J connectivity index is 2.49. The van der Waals surface area contributed by atoms with Gasteiger partial charge in [-0.2, -0.15) is 17.0 Å². The molecule has 0 fully saturated rings. The minimum absolute atomic E-state index is 0.288. The number of nitriles is 1. The number of halogens is 1. The van der Waals surface area contributed by atoms with Crippen molar-refractivity contribution in [3.8, 4) is 6.07 Å². The molecule has 0 aromatic heterocycles. The van der Waals surface area contributed by atoms with Crippen LogP contribution in [0, 0.1) is 17.1 Å². The summed E-state index contributed by atoms with van der Waals surface area (Å²) in [5.74, 6) is -0.124. The van der Waals surface area contributed by atoms with Gasteiger partial charge in [0.05, 0.1) is 18.2 Å². The summed E-state index contributed by atoms with van der Waals surface area (Å²) in [4.78, 5) is 11.3. The smallest absolute Gasteiger partial charge is 0.323 e. The van der Waals surface area contributed by atoms with E-state index in [1.165, 1.54) is 30.0 Å². The van der Waals surface area contributed by atoms with E-state index in [9.17, 15) is 9.18 Å². The van der Waals surface area contributed by atoms with Crippen LogP contribution in [0.5, 0.6) is 0 Å². The van der Waals surface area contributed by atoms with E-state index in [1.807, 2.05) is 6.07 Å². The molecule has 0 aliphatic heterocycles. The summed E-state index contributed by atoms with van der Waals surface area (Å²) >= 11 is 1.33. The maximum Gasteiger partial charge on any atom is 0.323 e. The molecule has 6 heteroatoms. The second-order valence-electron chi connectivity index (χ2n) is 3.79. The van der Waals surface area contributed by atoms with Gasteiger partial charge >= 0.3 is 5.97 Å². The van der Waals surface area contributed by atoms with E-state index in [1.54, 1.807) is 6.92 Å². The van der Waals surface area contributed by atoms with Gasteiger partial charge in [-0.1, -0.05) is 0 Å². The molecular weight excluding hydrogens is 267 g/mol. The second kappa shape index (κ2) is 7.77. The topological polar surface area (TPSA) is 76.1 Å². The monoisotopic (exact) mass is 282 g/mol. The van der Waals surface area contributed by atoms with E-state index in [-0.39, 0.29) is 12.4 Å². The Morgan fingerprint density at radius 1 is 1.63 bits per heavy atom. The fourth-order valence-electron chi connectivity index (χ4n) is 1.37. The Kier molecular flexibility index (Phi) is 6.33. The molecular formula is C13H15FN2O2S. The molecule has 0 spiro atoms. The van der Waals surface area contributed by atoms with Crippen LogP contribution >= 0.6 is 11.8 Å². The third kappa shape index (κ3) is 4.89. The number of nitrogens with two attached hydrogens (primary N) is 1. The van der Waals surface area contributed by atoms with Gasteiger partial charge in [0.15, 0.2) is 0 Å². The van der Waals surface area contributed by atoms with Crippen LogP contribution in [-0.2, 0) is 15.3 Å². The number of carbonyl (C=O) groups excluding carboxylic acids is 1. The van der Waals surface area contributed by atoms with Crippen LogP contribution in [-0.4, -0.2) is 24.4 Å². The van der Waals surface area contributed by atoms with E-state index < -0.39 is 12.0 Å². The standard InChI is InChI=1S/C13H15FN2O2S/c1-2-18-13(17)12(16)8-19-7-10-5-9(6-15)3-4-11(10)14/h3-5,12H,2,7-8,16H2,1H3. The van der Waals surface area contributed by atoms with Gasteiger partial charge in [-0.25, -0.2) is 4.39 Å². The summed E-state index contributed by atoms with van der Waals surface area (Å²) in [7, 11) is 0. The first-order valence-corrected chi connectivity index (χ1v) is 6.92. The molecule has 0 amide bonds. The quantitative estimate of drug-likeness (QED) is 0.805. The third-order valence-corrected chi connectivity index (χ3v) is 3.43. The number of ether oxygens (including phenoxy) is 1. The lowest BCUT2D eigenvalue weighted by Gasteiger charge is -2.10. The van der Waals surface area contributed by atoms with Gasteiger partial charge in [0.25, 0.3) is 0 Å². The van der Waals surface area contributed by atoms with E-state index in [0.717, 1.165) is 0 Å². The molecule has 19 heavy (non-hydrogen) atoms. The minimum Gasteiger partial charge on any atom is -0.465 e. The van der Waals surface area contributed by atoms with E-state index in [2.05, 4.69) is 0 Å². The predicted molar refractivity (Wildman–Crippen MR) is 71.9 cm³/mol. The number of thioether (sulfide) groups is 1. The lowest BCUT2D eigenvalue weighted by Crippen LogP contribution is -2.34. The molecule has 4 nitrogen and oxygen atoms in total. The Morgan fingerprint density at radius 3 is 3.00 bits per heavy atom. The molecule has 1 rings (SSSR count). The fourth-order valence-corrected chi connectivity index (χ4v) is 2.32. The average molecular weight is 282 g/mol. The van der Waals surface area contributed by atoms with Crippen LogP contribution in [0.3, 0.4) is 0 Å². The number of carbonyl (C=O) groups is 1. The fraction of sp³-hybridized carbons (Fsp3) is 0.385. The second-order valence-corrected chi connectivity index (χ2v) is 4.82. The SMILES string of the molecule is CCOC(=O)C(N)CSCc1cc(C#N)ccc1F. The summed E-state index contributed by atoms with van der Waals surface area (Å²) < 4.78 is 18.2. The van der Waals surface area contributed by atoms with Crippen molar-refractivity contribution < 1.29 is 13.9 Å². The number of benzene rings is 1. The van der Waals surface area contributed by atoms with Crippen molar-refractivity contribution >= 4 is 17.7 Å². The molecule has 2 N–H and O–H groups in total. The molecule has 0 aliphatic carbocycles. The molecule has 1 atom stereocenters. The molecule has 0 saturated heterocycles. The number of nitrogens with zero attached hydrogens (tertiary/aromatic N) is 1. The van der Waals surface area contributed by atoms with E-state index in [0.29, 0.717) is 22.6 Å². The summed E-state index contributed by atoms with van der Waals surface area (Å²) in [6, 6.07) is 5.42. The average Bonchev–Trinajstić information content (AvgIpc) is 2.41. The zero-order valence-electron chi connectivity index (χ0n) is 10.6. The summed E-state index contributed by atoms with van der Waals surface area (Å²) in [5, 5.41) is 8.74. The van der Waals surface area contributed by atoms with Crippen LogP contribution in [0.4, 0.5) is 4.39 Å². The molecule has 1 aromatic carbocycles. The first kappa shape index (κ1) is 15.5. The molecule has 0 radical (unpaired) electrons. The molecule has 1 aromatic rings. The van der Waals surface area contributed by atoms with Crippen molar-refractivity contribution in [3.63, 3.8) is 0 Å². The predicted octanol–water partition coefficient (Wildman–Crippen LogP) is 1.82. The first-order valence-electron chi connectivity index (χ1n) is 5.77.